The van der Waals surface area contributed by atoms with Crippen LogP contribution in [0.5, 0.6) is 5.75 Å². The molecule has 2 aromatic rings. The van der Waals surface area contributed by atoms with Crippen molar-refractivity contribution >= 4 is 21.6 Å². The highest BCUT2D eigenvalue weighted by Crippen LogP contribution is 2.35. The molecule has 0 bridgehead atoms. The van der Waals surface area contributed by atoms with Gasteiger partial charge in [0, 0.05) is 23.8 Å². The lowest BCUT2D eigenvalue weighted by Crippen LogP contribution is -2.35. The number of rotatable bonds is 8. The van der Waals surface area contributed by atoms with Crippen molar-refractivity contribution in [2.75, 3.05) is 18.4 Å². The average Bonchev–Trinajstić information content (AvgIpc) is 3.60. The van der Waals surface area contributed by atoms with E-state index < -0.39 is 10.0 Å². The minimum absolute atomic E-state index is 0.0732. The van der Waals surface area contributed by atoms with Crippen LogP contribution in [-0.4, -0.2) is 38.9 Å². The molecule has 2 saturated carbocycles. The monoisotopic (exact) mass is 400 g/mol. The molecular formula is C21H24N2O4S. The molecule has 2 fully saturated rings. The number of anilines is 1. The molecule has 0 aromatic heterocycles. The SMILES string of the molecule is COc1ccc(NS(=O)(=O)c2cccc(C(=O)N(CC3CC3)C3CC3)c2)cc1. The van der Waals surface area contributed by atoms with Crippen molar-refractivity contribution in [2.24, 2.45) is 5.92 Å². The van der Waals surface area contributed by atoms with Gasteiger partial charge in [-0.05, 0) is 74.1 Å². The van der Waals surface area contributed by atoms with Crippen LogP contribution in [0, 0.1) is 5.92 Å². The van der Waals surface area contributed by atoms with Crippen LogP contribution in [0.3, 0.4) is 0 Å². The molecule has 0 saturated heterocycles. The molecule has 2 aliphatic carbocycles. The number of carbonyl (C=O) groups excluding carboxylic acids is 1. The van der Waals surface area contributed by atoms with Crippen LogP contribution in [0.1, 0.15) is 36.0 Å². The van der Waals surface area contributed by atoms with E-state index in [2.05, 4.69) is 4.72 Å². The zero-order valence-corrected chi connectivity index (χ0v) is 16.6. The third-order valence-corrected chi connectivity index (χ3v) is 6.51. The van der Waals surface area contributed by atoms with Gasteiger partial charge in [0.1, 0.15) is 5.75 Å². The van der Waals surface area contributed by atoms with Gasteiger partial charge in [0.15, 0.2) is 0 Å². The summed E-state index contributed by atoms with van der Waals surface area (Å²) in [6.45, 7) is 0.782. The Morgan fingerprint density at radius 2 is 1.82 bits per heavy atom. The van der Waals surface area contributed by atoms with Crippen molar-refractivity contribution in [3.63, 3.8) is 0 Å². The zero-order valence-electron chi connectivity index (χ0n) is 15.8. The Kier molecular flexibility index (Phi) is 5.02. The third-order valence-electron chi connectivity index (χ3n) is 5.13. The van der Waals surface area contributed by atoms with E-state index in [0.717, 1.165) is 19.4 Å². The summed E-state index contributed by atoms with van der Waals surface area (Å²) in [6.07, 6.45) is 4.43. The smallest absolute Gasteiger partial charge is 0.261 e. The van der Waals surface area contributed by atoms with E-state index in [1.807, 2.05) is 4.90 Å². The molecule has 2 aromatic carbocycles. The van der Waals surface area contributed by atoms with Crippen LogP contribution in [0.4, 0.5) is 5.69 Å². The van der Waals surface area contributed by atoms with Crippen molar-refractivity contribution in [2.45, 2.75) is 36.6 Å². The molecule has 148 valence electrons. The van der Waals surface area contributed by atoms with Crippen LogP contribution in [0.15, 0.2) is 53.4 Å². The van der Waals surface area contributed by atoms with Crippen molar-refractivity contribution in [1.29, 1.82) is 0 Å². The molecule has 6 nitrogen and oxygen atoms in total. The summed E-state index contributed by atoms with van der Waals surface area (Å²) in [7, 11) is -2.24. The van der Waals surface area contributed by atoms with Crippen LogP contribution in [0.2, 0.25) is 0 Å². The van der Waals surface area contributed by atoms with Gasteiger partial charge < -0.3 is 9.64 Å². The quantitative estimate of drug-likeness (QED) is 0.736. The van der Waals surface area contributed by atoms with Crippen molar-refractivity contribution in [3.05, 3.63) is 54.1 Å². The van der Waals surface area contributed by atoms with Crippen molar-refractivity contribution < 1.29 is 17.9 Å². The Balaban J connectivity index is 1.53. The number of nitrogens with zero attached hydrogens (tertiary/aromatic N) is 1. The first kappa shape index (κ1) is 18.8. The number of carbonyl (C=O) groups is 1. The number of hydrogen-bond donors (Lipinski definition) is 1. The maximum atomic E-state index is 13.0. The maximum absolute atomic E-state index is 13.0. The van der Waals surface area contributed by atoms with Crippen LogP contribution < -0.4 is 9.46 Å². The number of sulfonamides is 1. The lowest BCUT2D eigenvalue weighted by Gasteiger charge is -2.22. The van der Waals surface area contributed by atoms with Gasteiger partial charge in [0.25, 0.3) is 15.9 Å². The van der Waals surface area contributed by atoms with Crippen molar-refractivity contribution in [3.8, 4) is 5.75 Å². The second-order valence-electron chi connectivity index (χ2n) is 7.49. The fourth-order valence-electron chi connectivity index (χ4n) is 3.20. The highest BCUT2D eigenvalue weighted by Gasteiger charge is 2.37. The third kappa shape index (κ3) is 4.30. The summed E-state index contributed by atoms with van der Waals surface area (Å²) >= 11 is 0. The van der Waals surface area contributed by atoms with Gasteiger partial charge >= 0.3 is 0 Å². The van der Waals surface area contributed by atoms with E-state index in [9.17, 15) is 13.2 Å². The predicted molar refractivity (Wildman–Crippen MR) is 107 cm³/mol. The number of hydrogen-bond acceptors (Lipinski definition) is 4. The Hall–Kier alpha value is -2.54. The molecule has 28 heavy (non-hydrogen) atoms. The Labute approximate surface area is 165 Å². The highest BCUT2D eigenvalue weighted by atomic mass is 32.2. The lowest BCUT2D eigenvalue weighted by molar-refractivity contribution is 0.0734. The molecule has 0 aliphatic heterocycles. The van der Waals surface area contributed by atoms with Gasteiger partial charge in [0.05, 0.1) is 12.0 Å². The van der Waals surface area contributed by atoms with Gasteiger partial charge in [0.2, 0.25) is 0 Å². The first-order valence-electron chi connectivity index (χ1n) is 9.54. The molecule has 0 unspecified atom stereocenters. The molecule has 0 heterocycles. The van der Waals surface area contributed by atoms with Crippen molar-refractivity contribution in [1.82, 2.24) is 4.90 Å². The van der Waals surface area contributed by atoms with Gasteiger partial charge in [-0.3, -0.25) is 9.52 Å². The molecule has 7 heteroatoms. The lowest BCUT2D eigenvalue weighted by atomic mass is 10.2. The number of methoxy groups -OCH3 is 1. The van der Waals surface area contributed by atoms with Crippen LogP contribution in [0.25, 0.3) is 0 Å². The van der Waals surface area contributed by atoms with E-state index in [1.54, 1.807) is 43.5 Å². The summed E-state index contributed by atoms with van der Waals surface area (Å²) in [5, 5.41) is 0. The molecule has 4 rings (SSSR count). The van der Waals surface area contributed by atoms with Gasteiger partial charge in [-0.2, -0.15) is 0 Å². The fourth-order valence-corrected chi connectivity index (χ4v) is 4.30. The highest BCUT2D eigenvalue weighted by molar-refractivity contribution is 7.92. The Morgan fingerprint density at radius 3 is 2.43 bits per heavy atom. The van der Waals surface area contributed by atoms with E-state index in [4.69, 9.17) is 4.74 Å². The molecule has 0 spiro atoms. The second kappa shape index (κ2) is 7.47. The molecule has 0 atom stereocenters. The van der Waals surface area contributed by atoms with Gasteiger partial charge in [-0.25, -0.2) is 8.42 Å². The normalized spacial score (nSPS) is 16.5. The standard InChI is InChI=1S/C21H24N2O4S/c1-27-19-11-7-17(8-12-19)22-28(25,26)20-4-2-3-16(13-20)21(24)23(18-9-10-18)14-15-5-6-15/h2-4,7-8,11-13,15,18,22H,5-6,9-10,14H2,1H3. The minimum atomic E-state index is -3.79. The second-order valence-corrected chi connectivity index (χ2v) is 9.18. The Bertz CT molecular complexity index is 964. The number of nitrogens with one attached hydrogen (secondary N) is 1. The predicted octanol–water partition coefficient (Wildman–Crippen LogP) is 3.51. The summed E-state index contributed by atoms with van der Waals surface area (Å²) in [4.78, 5) is 15.0. The van der Waals surface area contributed by atoms with E-state index in [1.165, 1.54) is 25.0 Å². The average molecular weight is 401 g/mol. The topological polar surface area (TPSA) is 75.7 Å². The zero-order chi connectivity index (χ0) is 19.7. The first-order valence-corrected chi connectivity index (χ1v) is 11.0. The molecular weight excluding hydrogens is 376 g/mol. The number of benzene rings is 2. The van der Waals surface area contributed by atoms with E-state index in [0.29, 0.717) is 29.0 Å². The Morgan fingerprint density at radius 1 is 1.11 bits per heavy atom. The van der Waals surface area contributed by atoms with E-state index >= 15 is 0 Å². The molecule has 1 N–H and O–H groups in total. The first-order chi connectivity index (χ1) is 13.5. The summed E-state index contributed by atoms with van der Waals surface area (Å²) < 4.78 is 33.2. The molecule has 2 aliphatic rings. The largest absolute Gasteiger partial charge is 0.497 e. The molecule has 1 amide bonds. The minimum Gasteiger partial charge on any atom is -0.497 e. The summed E-state index contributed by atoms with van der Waals surface area (Å²) in [5.74, 6) is 1.18. The number of ether oxygens (including phenoxy) is 1. The van der Waals surface area contributed by atoms with Gasteiger partial charge in [-0.15, -0.1) is 0 Å². The van der Waals surface area contributed by atoms with Crippen LogP contribution >= 0.6 is 0 Å². The summed E-state index contributed by atoms with van der Waals surface area (Å²) in [6, 6.07) is 13.2. The van der Waals surface area contributed by atoms with E-state index in [-0.39, 0.29) is 10.8 Å². The van der Waals surface area contributed by atoms with Crippen LogP contribution in [-0.2, 0) is 10.0 Å². The van der Waals surface area contributed by atoms with Gasteiger partial charge in [-0.1, -0.05) is 6.07 Å². The maximum Gasteiger partial charge on any atom is 0.261 e. The fraction of sp³-hybridized carbons (Fsp3) is 0.381. The number of amides is 1. The summed E-state index contributed by atoms with van der Waals surface area (Å²) in [5.41, 5.74) is 0.857. The molecule has 0 radical (unpaired) electrons.